The largest absolute Gasteiger partial charge is 0.504 e. The summed E-state index contributed by atoms with van der Waals surface area (Å²) >= 11 is 0. The summed E-state index contributed by atoms with van der Waals surface area (Å²) in [5.74, 6) is -0.496. The molecule has 2 aromatic carbocycles. The van der Waals surface area contributed by atoms with Crippen molar-refractivity contribution in [2.24, 2.45) is 0 Å². The van der Waals surface area contributed by atoms with Crippen LogP contribution in [0.15, 0.2) is 42.5 Å². The number of phenols is 2. The first-order valence-electron chi connectivity index (χ1n) is 6.12. The molecular formula is C14H14FNO5S. The first-order valence-corrected chi connectivity index (χ1v) is 7.12. The highest BCUT2D eigenvalue weighted by Crippen LogP contribution is 2.27. The molecule has 0 saturated heterocycles. The molecule has 0 aliphatic rings. The van der Waals surface area contributed by atoms with Gasteiger partial charge in [-0.15, -0.1) is 12.6 Å². The van der Waals surface area contributed by atoms with E-state index in [4.69, 9.17) is 12.6 Å². The summed E-state index contributed by atoms with van der Waals surface area (Å²) in [7, 11) is -3.11. The van der Waals surface area contributed by atoms with Crippen LogP contribution in [0.1, 0.15) is 11.1 Å². The van der Waals surface area contributed by atoms with Crippen LogP contribution in [0.3, 0.4) is 0 Å². The number of nitrogens with one attached hydrogen (secondary N) is 1. The SMILES string of the molecule is O=S(=O)=O.Oc1cccc(CNCc2ccc(F)cc2)c1O. The van der Waals surface area contributed by atoms with Crippen molar-refractivity contribution in [2.75, 3.05) is 0 Å². The molecule has 2 aromatic rings. The molecule has 0 bridgehead atoms. The van der Waals surface area contributed by atoms with Crippen molar-refractivity contribution in [1.82, 2.24) is 5.32 Å². The Bertz CT molecular complexity index is 710. The summed E-state index contributed by atoms with van der Waals surface area (Å²) < 4.78 is 38.0. The van der Waals surface area contributed by atoms with Crippen molar-refractivity contribution in [3.8, 4) is 11.5 Å². The van der Waals surface area contributed by atoms with Crippen LogP contribution in [-0.4, -0.2) is 22.8 Å². The van der Waals surface area contributed by atoms with E-state index in [1.54, 1.807) is 24.3 Å². The molecule has 2 rings (SSSR count). The first kappa shape index (κ1) is 17.6. The highest BCUT2D eigenvalue weighted by Gasteiger charge is 2.04. The second kappa shape index (κ2) is 8.75. The van der Waals surface area contributed by atoms with Crippen molar-refractivity contribution >= 4 is 10.6 Å². The molecule has 0 spiro atoms. The second-order valence-electron chi connectivity index (χ2n) is 4.22. The van der Waals surface area contributed by atoms with Gasteiger partial charge in [0, 0.05) is 18.7 Å². The highest BCUT2D eigenvalue weighted by molar-refractivity contribution is 7.59. The van der Waals surface area contributed by atoms with E-state index in [9.17, 15) is 14.6 Å². The van der Waals surface area contributed by atoms with Crippen LogP contribution in [-0.2, 0) is 23.7 Å². The minimum Gasteiger partial charge on any atom is -0.504 e. The number of hydrogen-bond acceptors (Lipinski definition) is 6. The molecule has 0 atom stereocenters. The fourth-order valence-corrected chi connectivity index (χ4v) is 1.66. The van der Waals surface area contributed by atoms with Gasteiger partial charge in [-0.25, -0.2) is 4.39 Å². The molecule has 0 aliphatic heterocycles. The zero-order valence-electron chi connectivity index (χ0n) is 11.4. The predicted octanol–water partition coefficient (Wildman–Crippen LogP) is 1.52. The van der Waals surface area contributed by atoms with Gasteiger partial charge in [0.2, 0.25) is 0 Å². The van der Waals surface area contributed by atoms with E-state index in [-0.39, 0.29) is 17.3 Å². The lowest BCUT2D eigenvalue weighted by molar-refractivity contribution is 0.397. The van der Waals surface area contributed by atoms with Crippen molar-refractivity contribution in [3.63, 3.8) is 0 Å². The average molecular weight is 327 g/mol. The molecule has 0 amide bonds. The van der Waals surface area contributed by atoms with Crippen LogP contribution in [0, 0.1) is 5.82 Å². The molecule has 6 nitrogen and oxygen atoms in total. The number of aromatic hydroxyl groups is 2. The molecule has 118 valence electrons. The van der Waals surface area contributed by atoms with Crippen LogP contribution < -0.4 is 5.32 Å². The molecule has 0 heterocycles. The maximum absolute atomic E-state index is 12.7. The summed E-state index contributed by atoms with van der Waals surface area (Å²) in [6, 6.07) is 11.0. The third-order valence-electron chi connectivity index (χ3n) is 2.66. The number of rotatable bonds is 4. The Morgan fingerprint density at radius 2 is 1.55 bits per heavy atom. The molecule has 0 fully saturated rings. The number of phenolic OH excluding ortho intramolecular Hbond substituents is 2. The Kier molecular flexibility index (Phi) is 7.00. The summed E-state index contributed by atoms with van der Waals surface area (Å²) in [6.07, 6.45) is 0. The van der Waals surface area contributed by atoms with Gasteiger partial charge in [-0.1, -0.05) is 24.3 Å². The Labute approximate surface area is 127 Å². The lowest BCUT2D eigenvalue weighted by Crippen LogP contribution is -2.12. The van der Waals surface area contributed by atoms with Crippen LogP contribution >= 0.6 is 0 Å². The minimum atomic E-state index is -3.11. The molecule has 0 unspecified atom stereocenters. The van der Waals surface area contributed by atoms with Crippen molar-refractivity contribution in [3.05, 3.63) is 59.4 Å². The Hall–Kier alpha value is -2.45. The van der Waals surface area contributed by atoms with Crippen LogP contribution in [0.4, 0.5) is 4.39 Å². The number of benzene rings is 2. The van der Waals surface area contributed by atoms with Gasteiger partial charge >= 0.3 is 10.6 Å². The fraction of sp³-hybridized carbons (Fsp3) is 0.143. The standard InChI is InChI=1S/C14H14FNO2.O3S/c15-12-6-4-10(5-7-12)8-16-9-11-2-1-3-13(17)14(11)18;1-4(2)3/h1-7,16-18H,8-9H2;. The van der Waals surface area contributed by atoms with E-state index in [0.29, 0.717) is 18.7 Å². The van der Waals surface area contributed by atoms with Crippen LogP contribution in [0.5, 0.6) is 11.5 Å². The van der Waals surface area contributed by atoms with E-state index in [1.165, 1.54) is 18.2 Å². The number of para-hydroxylation sites is 1. The lowest BCUT2D eigenvalue weighted by atomic mass is 10.1. The van der Waals surface area contributed by atoms with E-state index < -0.39 is 10.6 Å². The Morgan fingerprint density at radius 1 is 0.955 bits per heavy atom. The summed E-state index contributed by atoms with van der Waals surface area (Å²) in [5, 5.41) is 22.0. The van der Waals surface area contributed by atoms with Gasteiger partial charge in [0.1, 0.15) is 5.82 Å². The smallest absolute Gasteiger partial charge is 0.425 e. The minimum absolute atomic E-state index is 0.107. The topological polar surface area (TPSA) is 104 Å². The third kappa shape index (κ3) is 6.33. The summed E-state index contributed by atoms with van der Waals surface area (Å²) in [4.78, 5) is 0. The van der Waals surface area contributed by atoms with E-state index in [1.807, 2.05) is 0 Å². The predicted molar refractivity (Wildman–Crippen MR) is 76.4 cm³/mol. The van der Waals surface area contributed by atoms with Crippen molar-refractivity contribution in [2.45, 2.75) is 13.1 Å². The molecule has 0 aliphatic carbocycles. The lowest BCUT2D eigenvalue weighted by Gasteiger charge is -2.08. The number of halogens is 1. The van der Waals surface area contributed by atoms with Gasteiger partial charge in [-0.2, -0.15) is 0 Å². The first-order chi connectivity index (χ1) is 10.4. The molecule has 0 radical (unpaired) electrons. The second-order valence-corrected chi connectivity index (χ2v) is 4.63. The zero-order chi connectivity index (χ0) is 16.5. The molecule has 8 heteroatoms. The van der Waals surface area contributed by atoms with Gasteiger partial charge in [0.05, 0.1) is 0 Å². The van der Waals surface area contributed by atoms with Crippen molar-refractivity contribution < 1.29 is 27.2 Å². The number of hydrogen-bond donors (Lipinski definition) is 3. The third-order valence-corrected chi connectivity index (χ3v) is 2.66. The normalized spacial score (nSPS) is 9.68. The van der Waals surface area contributed by atoms with Gasteiger partial charge in [0.15, 0.2) is 11.5 Å². The van der Waals surface area contributed by atoms with E-state index in [2.05, 4.69) is 5.32 Å². The summed E-state index contributed by atoms with van der Waals surface area (Å²) in [6.45, 7) is 0.993. The monoisotopic (exact) mass is 327 g/mol. The van der Waals surface area contributed by atoms with E-state index in [0.717, 1.165) is 5.56 Å². The van der Waals surface area contributed by atoms with Crippen molar-refractivity contribution in [1.29, 1.82) is 0 Å². The Morgan fingerprint density at radius 3 is 2.14 bits per heavy atom. The molecule has 0 saturated carbocycles. The zero-order valence-corrected chi connectivity index (χ0v) is 12.2. The highest BCUT2D eigenvalue weighted by atomic mass is 32.2. The maximum Gasteiger partial charge on any atom is 0.425 e. The van der Waals surface area contributed by atoms with Gasteiger partial charge in [-0.3, -0.25) is 0 Å². The molecular weight excluding hydrogens is 313 g/mol. The maximum atomic E-state index is 12.7. The van der Waals surface area contributed by atoms with Gasteiger partial charge < -0.3 is 15.5 Å². The molecule has 3 N–H and O–H groups in total. The van der Waals surface area contributed by atoms with E-state index >= 15 is 0 Å². The van der Waals surface area contributed by atoms with Crippen LogP contribution in [0.2, 0.25) is 0 Å². The quantitative estimate of drug-likeness (QED) is 0.736. The average Bonchev–Trinajstić information content (AvgIpc) is 2.45. The molecule has 22 heavy (non-hydrogen) atoms. The van der Waals surface area contributed by atoms with Gasteiger partial charge in [0.25, 0.3) is 0 Å². The fourth-order valence-electron chi connectivity index (χ4n) is 1.66. The summed E-state index contributed by atoms with van der Waals surface area (Å²) in [5.41, 5.74) is 1.58. The van der Waals surface area contributed by atoms with Crippen LogP contribution in [0.25, 0.3) is 0 Å². The van der Waals surface area contributed by atoms with Gasteiger partial charge in [-0.05, 0) is 23.8 Å². The Balaban J connectivity index is 0.000000541. The molecule has 0 aromatic heterocycles.